The number of anilines is 1. The Morgan fingerprint density at radius 1 is 1.00 bits per heavy atom. The third-order valence-corrected chi connectivity index (χ3v) is 7.01. The average molecular weight is 532 g/mol. The highest BCUT2D eigenvalue weighted by Crippen LogP contribution is 2.49. The van der Waals surface area contributed by atoms with Gasteiger partial charge in [-0.15, -0.1) is 0 Å². The van der Waals surface area contributed by atoms with Crippen LogP contribution < -0.4 is 5.32 Å². The van der Waals surface area contributed by atoms with Gasteiger partial charge in [-0.2, -0.15) is 0 Å². The van der Waals surface area contributed by atoms with E-state index in [4.69, 9.17) is 25.6 Å². The summed E-state index contributed by atoms with van der Waals surface area (Å²) in [5.41, 5.74) is 3.86. The first-order chi connectivity index (χ1) is 18.4. The van der Waals surface area contributed by atoms with Gasteiger partial charge in [0.25, 0.3) is 0 Å². The standard InChI is InChI=1S/C29H26ClN3O5/c1-3-36-27(34)29(16-17-29)22-14-12-20(13-15-22)19-8-10-21(11-9-19)25-26(32-33-38-25)31-28(35)37-18(2)23-6-4-5-7-24(23)30/h4-15,18H,3,16-17H2,1-2H3,(H,31,35)/t18-/m1/s1. The summed E-state index contributed by atoms with van der Waals surface area (Å²) in [6.07, 6.45) is 0.356. The number of nitrogens with one attached hydrogen (secondary N) is 1. The second kappa shape index (κ2) is 10.7. The Hall–Kier alpha value is -4.17. The maximum atomic E-state index is 12.5. The summed E-state index contributed by atoms with van der Waals surface area (Å²) in [7, 11) is 0. The summed E-state index contributed by atoms with van der Waals surface area (Å²) >= 11 is 6.19. The molecule has 1 atom stereocenters. The lowest BCUT2D eigenvalue weighted by Crippen LogP contribution is -2.23. The fourth-order valence-electron chi connectivity index (χ4n) is 4.42. The number of ether oxygens (including phenoxy) is 2. The van der Waals surface area contributed by atoms with E-state index in [-0.39, 0.29) is 11.8 Å². The van der Waals surface area contributed by atoms with Crippen molar-refractivity contribution in [2.24, 2.45) is 0 Å². The molecule has 8 nitrogen and oxygen atoms in total. The summed E-state index contributed by atoms with van der Waals surface area (Å²) in [6, 6.07) is 22.7. The fraction of sp³-hybridized carbons (Fsp3) is 0.241. The Morgan fingerprint density at radius 2 is 1.63 bits per heavy atom. The first kappa shape index (κ1) is 25.5. The molecule has 38 heavy (non-hydrogen) atoms. The van der Waals surface area contributed by atoms with Crippen LogP contribution in [-0.4, -0.2) is 29.0 Å². The van der Waals surface area contributed by atoms with Crippen molar-refractivity contribution >= 4 is 29.5 Å². The molecule has 194 valence electrons. The molecule has 3 aromatic carbocycles. The van der Waals surface area contributed by atoms with E-state index in [2.05, 4.69) is 15.7 Å². The van der Waals surface area contributed by atoms with Crippen molar-refractivity contribution in [2.45, 2.75) is 38.2 Å². The SMILES string of the molecule is CCOC(=O)C1(c2ccc(-c3ccc(-c4onnc4NC(=O)O[C@H](C)c4ccccc4Cl)cc3)cc2)CC1. The number of carbonyl (C=O) groups excluding carboxylic acids is 2. The number of hydrogen-bond donors (Lipinski definition) is 1. The lowest BCUT2D eigenvalue weighted by atomic mass is 9.93. The van der Waals surface area contributed by atoms with Crippen molar-refractivity contribution in [1.29, 1.82) is 0 Å². The molecule has 0 unspecified atom stereocenters. The molecule has 5 rings (SSSR count). The molecule has 0 bridgehead atoms. The molecular weight excluding hydrogens is 506 g/mol. The predicted octanol–water partition coefficient (Wildman–Crippen LogP) is 6.96. The molecule has 1 saturated carbocycles. The number of benzene rings is 3. The highest BCUT2D eigenvalue weighted by Gasteiger charge is 2.52. The molecule has 0 saturated heterocycles. The molecule has 0 radical (unpaired) electrons. The van der Waals surface area contributed by atoms with Gasteiger partial charge >= 0.3 is 12.1 Å². The molecule has 4 aromatic rings. The van der Waals surface area contributed by atoms with E-state index in [1.54, 1.807) is 19.1 Å². The monoisotopic (exact) mass is 531 g/mol. The third kappa shape index (κ3) is 5.13. The normalized spacial score (nSPS) is 14.4. The smallest absolute Gasteiger partial charge is 0.413 e. The largest absolute Gasteiger partial charge is 0.465 e. The minimum absolute atomic E-state index is 0.146. The van der Waals surface area contributed by atoms with Gasteiger partial charge in [-0.25, -0.2) is 4.79 Å². The van der Waals surface area contributed by atoms with Crippen molar-refractivity contribution in [3.63, 3.8) is 0 Å². The van der Waals surface area contributed by atoms with Crippen LogP contribution in [0.1, 0.15) is 43.9 Å². The van der Waals surface area contributed by atoms with Crippen LogP contribution in [0.2, 0.25) is 5.02 Å². The zero-order valence-electron chi connectivity index (χ0n) is 20.9. The maximum Gasteiger partial charge on any atom is 0.413 e. The lowest BCUT2D eigenvalue weighted by Gasteiger charge is -2.15. The Morgan fingerprint density at radius 3 is 2.26 bits per heavy atom. The highest BCUT2D eigenvalue weighted by atomic mass is 35.5. The Labute approximate surface area is 224 Å². The van der Waals surface area contributed by atoms with Crippen LogP contribution in [0.3, 0.4) is 0 Å². The zero-order chi connectivity index (χ0) is 26.7. The fourth-order valence-corrected chi connectivity index (χ4v) is 4.71. The van der Waals surface area contributed by atoms with Crippen LogP contribution in [-0.2, 0) is 19.7 Å². The lowest BCUT2D eigenvalue weighted by molar-refractivity contribution is -0.146. The number of rotatable bonds is 8. The Bertz CT molecular complexity index is 1450. The van der Waals surface area contributed by atoms with Crippen molar-refractivity contribution in [2.75, 3.05) is 11.9 Å². The van der Waals surface area contributed by atoms with Gasteiger partial charge in [-0.05, 0) is 49.4 Å². The molecular formula is C29H26ClN3O5. The number of amides is 1. The molecule has 1 N–H and O–H groups in total. The van der Waals surface area contributed by atoms with Crippen molar-refractivity contribution < 1.29 is 23.6 Å². The van der Waals surface area contributed by atoms with Crippen LogP contribution in [0.25, 0.3) is 22.5 Å². The van der Waals surface area contributed by atoms with E-state index in [0.717, 1.165) is 29.5 Å². The molecule has 9 heteroatoms. The van der Waals surface area contributed by atoms with Crippen LogP contribution in [0, 0.1) is 0 Å². The number of carbonyl (C=O) groups is 2. The highest BCUT2D eigenvalue weighted by molar-refractivity contribution is 6.31. The minimum Gasteiger partial charge on any atom is -0.465 e. The molecule has 1 fully saturated rings. The predicted molar refractivity (Wildman–Crippen MR) is 143 cm³/mol. The molecule has 0 spiro atoms. The number of aromatic nitrogens is 2. The number of nitrogens with zero attached hydrogens (tertiary/aromatic N) is 2. The minimum atomic E-state index is -0.706. The second-order valence-electron chi connectivity index (χ2n) is 9.10. The van der Waals surface area contributed by atoms with Gasteiger partial charge in [0.05, 0.1) is 12.0 Å². The van der Waals surface area contributed by atoms with Crippen LogP contribution >= 0.6 is 11.6 Å². The van der Waals surface area contributed by atoms with Gasteiger partial charge in [-0.1, -0.05) is 83.4 Å². The van der Waals surface area contributed by atoms with E-state index in [0.29, 0.717) is 28.5 Å². The van der Waals surface area contributed by atoms with E-state index in [9.17, 15) is 9.59 Å². The summed E-state index contributed by atoms with van der Waals surface area (Å²) < 4.78 is 16.0. The van der Waals surface area contributed by atoms with Crippen LogP contribution in [0.5, 0.6) is 0 Å². The molecule has 1 heterocycles. The van der Waals surface area contributed by atoms with Gasteiger partial charge in [0.15, 0.2) is 0 Å². The first-order valence-corrected chi connectivity index (χ1v) is 12.7. The summed E-state index contributed by atoms with van der Waals surface area (Å²) in [6.45, 7) is 3.93. The maximum absolute atomic E-state index is 12.5. The van der Waals surface area contributed by atoms with Gasteiger partial charge in [0.2, 0.25) is 11.6 Å². The third-order valence-electron chi connectivity index (χ3n) is 6.67. The van der Waals surface area contributed by atoms with Gasteiger partial charge < -0.3 is 14.0 Å². The number of halogens is 1. The molecule has 0 aliphatic heterocycles. The van der Waals surface area contributed by atoms with E-state index >= 15 is 0 Å². The summed E-state index contributed by atoms with van der Waals surface area (Å²) in [5, 5.41) is 10.6. The van der Waals surface area contributed by atoms with E-state index < -0.39 is 17.6 Å². The summed E-state index contributed by atoms with van der Waals surface area (Å²) in [5.74, 6) is 0.302. The van der Waals surface area contributed by atoms with E-state index in [1.807, 2.05) is 67.6 Å². The Balaban J connectivity index is 1.26. The van der Waals surface area contributed by atoms with Gasteiger partial charge in [0.1, 0.15) is 6.10 Å². The van der Waals surface area contributed by atoms with Crippen molar-refractivity contribution in [1.82, 2.24) is 10.4 Å². The first-order valence-electron chi connectivity index (χ1n) is 12.3. The molecule has 1 aliphatic carbocycles. The number of esters is 1. The van der Waals surface area contributed by atoms with Crippen LogP contribution in [0.4, 0.5) is 10.6 Å². The molecule has 1 aromatic heterocycles. The van der Waals surface area contributed by atoms with Gasteiger partial charge in [-0.3, -0.25) is 10.1 Å². The Kier molecular flexibility index (Phi) is 7.15. The van der Waals surface area contributed by atoms with Gasteiger partial charge in [0, 0.05) is 21.4 Å². The molecule has 1 aliphatic rings. The zero-order valence-corrected chi connectivity index (χ0v) is 21.7. The topological polar surface area (TPSA) is 104 Å². The summed E-state index contributed by atoms with van der Waals surface area (Å²) in [4.78, 5) is 24.9. The quantitative estimate of drug-likeness (QED) is 0.245. The number of hydrogen-bond acceptors (Lipinski definition) is 7. The average Bonchev–Trinajstić information content (AvgIpc) is 3.62. The van der Waals surface area contributed by atoms with Crippen LogP contribution in [0.15, 0.2) is 77.3 Å². The molecule has 1 amide bonds. The van der Waals surface area contributed by atoms with Crippen molar-refractivity contribution in [3.05, 3.63) is 88.9 Å². The second-order valence-corrected chi connectivity index (χ2v) is 9.51. The van der Waals surface area contributed by atoms with E-state index in [1.165, 1.54) is 0 Å². The van der Waals surface area contributed by atoms with Crippen molar-refractivity contribution in [3.8, 4) is 22.5 Å².